The minimum absolute atomic E-state index is 0. The number of amides is 2. The maximum absolute atomic E-state index is 13.0. The van der Waals surface area contributed by atoms with Crippen molar-refractivity contribution < 1.29 is 32.6 Å². The number of likely N-dealkylation sites (tertiary alicyclic amines) is 2. The van der Waals surface area contributed by atoms with Crippen LogP contribution >= 0.6 is 27.0 Å². The van der Waals surface area contributed by atoms with Crippen molar-refractivity contribution in [1.29, 1.82) is 0 Å². The van der Waals surface area contributed by atoms with Gasteiger partial charge < -0.3 is 29.7 Å². The second-order valence-corrected chi connectivity index (χ2v) is 10.8. The lowest BCUT2D eigenvalue weighted by atomic mass is 9.94. The highest BCUT2D eigenvalue weighted by atomic mass is 32.1. The van der Waals surface area contributed by atoms with Crippen LogP contribution in [0.4, 0.5) is 13.6 Å². The molecule has 4 rings (SSSR count). The predicted molar refractivity (Wildman–Crippen MR) is 154 cm³/mol. The van der Waals surface area contributed by atoms with Crippen LogP contribution in [0.25, 0.3) is 0 Å². The topological polar surface area (TPSA) is 94.3 Å². The Kier molecular flexibility index (Phi) is 12.6. The van der Waals surface area contributed by atoms with Crippen molar-refractivity contribution in [1.82, 2.24) is 9.80 Å². The Labute approximate surface area is 243 Å². The van der Waals surface area contributed by atoms with E-state index in [0.717, 1.165) is 54.7 Å². The first-order chi connectivity index (χ1) is 17.6. The molecule has 2 saturated heterocycles. The number of ether oxygens (including phenoxy) is 3. The van der Waals surface area contributed by atoms with Crippen molar-refractivity contribution >= 4 is 39.0 Å². The zero-order valence-corrected chi connectivity index (χ0v) is 24.7. The molecule has 1 aliphatic carbocycles. The summed E-state index contributed by atoms with van der Waals surface area (Å²) in [6, 6.07) is 6.63. The summed E-state index contributed by atoms with van der Waals surface area (Å²) >= 11 is 0. The summed E-state index contributed by atoms with van der Waals surface area (Å²) in [6.45, 7) is 3.94. The second kappa shape index (κ2) is 14.7. The predicted octanol–water partition coefficient (Wildman–Crippen LogP) is 3.98. The first kappa shape index (κ1) is 33.4. The molecule has 0 radical (unpaired) electrons. The summed E-state index contributed by atoms with van der Waals surface area (Å²) < 4.78 is 43.8. The highest BCUT2D eigenvalue weighted by Gasteiger charge is 2.47. The van der Waals surface area contributed by atoms with Gasteiger partial charge in [-0.05, 0) is 76.5 Å². The smallest absolute Gasteiger partial charge is 0.410 e. The zero-order chi connectivity index (χ0) is 26.6. The van der Waals surface area contributed by atoms with Crippen molar-refractivity contribution in [2.45, 2.75) is 95.2 Å². The van der Waals surface area contributed by atoms with Crippen LogP contribution in [-0.2, 0) is 20.7 Å². The molecule has 222 valence electrons. The Morgan fingerprint density at radius 3 is 2.00 bits per heavy atom. The van der Waals surface area contributed by atoms with Crippen LogP contribution in [0.5, 0.6) is 5.75 Å². The fourth-order valence-electron chi connectivity index (χ4n) is 5.15. The van der Waals surface area contributed by atoms with Crippen molar-refractivity contribution in [3.8, 4) is 5.75 Å². The Balaban J connectivity index is 0.00000267. The molecule has 12 heteroatoms. The summed E-state index contributed by atoms with van der Waals surface area (Å²) in [5, 5.41) is 0. The van der Waals surface area contributed by atoms with E-state index in [-0.39, 0.29) is 57.5 Å². The molecule has 0 unspecified atom stereocenters. The van der Waals surface area contributed by atoms with Crippen molar-refractivity contribution in [2.75, 3.05) is 26.2 Å². The summed E-state index contributed by atoms with van der Waals surface area (Å²) in [6.07, 6.45) is 5.80. The Hall–Kier alpha value is -1.76. The van der Waals surface area contributed by atoms with Crippen molar-refractivity contribution in [2.24, 2.45) is 5.73 Å². The molecule has 2 heterocycles. The number of carbonyl (C=O) groups excluding carboxylic acids is 2. The van der Waals surface area contributed by atoms with E-state index in [1.165, 1.54) is 0 Å². The summed E-state index contributed by atoms with van der Waals surface area (Å²) in [4.78, 5) is 27.1. The fraction of sp³-hybridized carbons (Fsp3) is 0.704. The average molecular weight is 592 g/mol. The van der Waals surface area contributed by atoms with Gasteiger partial charge in [0.2, 0.25) is 5.91 Å². The van der Waals surface area contributed by atoms with Crippen LogP contribution in [0.15, 0.2) is 24.3 Å². The number of nitrogens with two attached hydrogens (primary N) is 1. The maximum atomic E-state index is 13.0. The SMILES string of the molecule is CC(C)OC(=O)N1CCC(OC2CCC(Oc3ccc(C[C@H](N)C(=O)N4CC(F)(F)C4)cc3)CC2)CC1.S.S. The molecular formula is C27H43F2N3O5S2. The molecule has 3 aliphatic rings. The van der Waals surface area contributed by atoms with E-state index in [4.69, 9.17) is 19.9 Å². The molecule has 0 bridgehead atoms. The van der Waals surface area contributed by atoms with Crippen LogP contribution in [0.2, 0.25) is 0 Å². The van der Waals surface area contributed by atoms with E-state index < -0.39 is 31.0 Å². The van der Waals surface area contributed by atoms with E-state index in [9.17, 15) is 18.4 Å². The number of piperidine rings is 1. The third-order valence-electron chi connectivity index (χ3n) is 7.20. The van der Waals surface area contributed by atoms with Gasteiger partial charge in [-0.3, -0.25) is 4.79 Å². The van der Waals surface area contributed by atoms with Crippen molar-refractivity contribution in [3.63, 3.8) is 0 Å². The molecular weight excluding hydrogens is 548 g/mol. The monoisotopic (exact) mass is 591 g/mol. The zero-order valence-electron chi connectivity index (χ0n) is 22.7. The van der Waals surface area contributed by atoms with E-state index in [2.05, 4.69) is 0 Å². The number of hydrogen-bond donors (Lipinski definition) is 1. The van der Waals surface area contributed by atoms with Gasteiger partial charge >= 0.3 is 6.09 Å². The number of alkyl halides is 2. The lowest BCUT2D eigenvalue weighted by molar-refractivity contribution is -0.166. The Morgan fingerprint density at radius 2 is 1.46 bits per heavy atom. The van der Waals surface area contributed by atoms with Gasteiger partial charge in [-0.1, -0.05) is 12.1 Å². The van der Waals surface area contributed by atoms with Gasteiger partial charge in [0.1, 0.15) is 5.75 Å². The largest absolute Gasteiger partial charge is 0.490 e. The summed E-state index contributed by atoms with van der Waals surface area (Å²) in [7, 11) is 0. The van der Waals surface area contributed by atoms with Gasteiger partial charge in [0.05, 0.1) is 43.5 Å². The highest BCUT2D eigenvalue weighted by molar-refractivity contribution is 7.59. The van der Waals surface area contributed by atoms with Gasteiger partial charge in [-0.15, -0.1) is 0 Å². The van der Waals surface area contributed by atoms with E-state index in [0.29, 0.717) is 19.5 Å². The molecule has 1 atom stereocenters. The number of hydrogen-bond acceptors (Lipinski definition) is 6. The Bertz CT molecular complexity index is 917. The van der Waals surface area contributed by atoms with Gasteiger partial charge in [-0.2, -0.15) is 27.0 Å². The van der Waals surface area contributed by atoms with Crippen LogP contribution in [0.1, 0.15) is 57.9 Å². The minimum atomic E-state index is -2.79. The van der Waals surface area contributed by atoms with Gasteiger partial charge in [0.25, 0.3) is 5.92 Å². The molecule has 1 saturated carbocycles. The molecule has 0 spiro atoms. The summed E-state index contributed by atoms with van der Waals surface area (Å²) in [5.74, 6) is -2.47. The van der Waals surface area contributed by atoms with Gasteiger partial charge in [0.15, 0.2) is 0 Å². The highest BCUT2D eigenvalue weighted by Crippen LogP contribution is 2.29. The molecule has 0 aromatic heterocycles. The van der Waals surface area contributed by atoms with Crippen LogP contribution in [0, 0.1) is 0 Å². The molecule has 3 fully saturated rings. The Morgan fingerprint density at radius 1 is 0.923 bits per heavy atom. The molecule has 8 nitrogen and oxygen atoms in total. The van der Waals surface area contributed by atoms with Gasteiger partial charge in [-0.25, -0.2) is 13.6 Å². The second-order valence-electron chi connectivity index (χ2n) is 10.8. The summed E-state index contributed by atoms with van der Waals surface area (Å²) in [5.41, 5.74) is 6.81. The number of carbonyl (C=O) groups is 2. The number of nitrogens with zero attached hydrogens (tertiary/aromatic N) is 2. The standard InChI is InChI=1S/C27H39F2N3O5.2H2S/c1-18(2)35-26(34)31-13-11-23(12-14-31)37-22-9-7-21(8-10-22)36-20-5-3-19(4-6-20)15-24(30)25(33)32-16-27(28,29)17-32;;/h3-6,18,21-24H,7-17,30H2,1-2H3;2*1H2/t21?,22?,24-;;/m0../s1. The molecule has 39 heavy (non-hydrogen) atoms. The lowest BCUT2D eigenvalue weighted by Gasteiger charge is -2.39. The third kappa shape index (κ3) is 9.68. The normalized spacial score (nSPS) is 23.6. The molecule has 2 aliphatic heterocycles. The first-order valence-corrected chi connectivity index (χ1v) is 13.4. The molecule has 2 amide bonds. The average Bonchev–Trinajstić information content (AvgIpc) is 2.84. The quantitative estimate of drug-likeness (QED) is 0.492. The molecule has 1 aromatic carbocycles. The number of rotatable bonds is 8. The lowest BCUT2D eigenvalue weighted by Crippen LogP contribution is -2.62. The molecule has 2 N–H and O–H groups in total. The van der Waals surface area contributed by atoms with Crippen LogP contribution < -0.4 is 10.5 Å². The van der Waals surface area contributed by atoms with Crippen LogP contribution in [0.3, 0.4) is 0 Å². The third-order valence-corrected chi connectivity index (χ3v) is 7.20. The number of benzene rings is 1. The van der Waals surface area contributed by atoms with E-state index in [1.807, 2.05) is 38.1 Å². The minimum Gasteiger partial charge on any atom is -0.490 e. The van der Waals surface area contributed by atoms with Gasteiger partial charge in [0, 0.05) is 13.1 Å². The molecule has 1 aromatic rings. The number of halogens is 2. The first-order valence-electron chi connectivity index (χ1n) is 13.4. The van der Waals surface area contributed by atoms with Crippen LogP contribution in [-0.4, -0.2) is 84.4 Å². The van der Waals surface area contributed by atoms with E-state index >= 15 is 0 Å². The van der Waals surface area contributed by atoms with Crippen molar-refractivity contribution in [3.05, 3.63) is 29.8 Å². The maximum Gasteiger partial charge on any atom is 0.410 e. The fourth-order valence-corrected chi connectivity index (χ4v) is 5.15. The van der Waals surface area contributed by atoms with E-state index in [1.54, 1.807) is 4.90 Å².